The first-order chi connectivity index (χ1) is 16.6. The van der Waals surface area contributed by atoms with Crippen LogP contribution in [0.5, 0.6) is 17.2 Å². The highest BCUT2D eigenvalue weighted by atomic mass is 16.5. The van der Waals surface area contributed by atoms with Crippen LogP contribution in [0.1, 0.15) is 28.4 Å². The summed E-state index contributed by atoms with van der Waals surface area (Å²) in [5, 5.41) is 0.969. The van der Waals surface area contributed by atoms with E-state index >= 15 is 0 Å². The Morgan fingerprint density at radius 2 is 1.82 bits per heavy atom. The van der Waals surface area contributed by atoms with Crippen LogP contribution in [0.2, 0.25) is 0 Å². The lowest BCUT2D eigenvalue weighted by Crippen LogP contribution is -2.11. The smallest absolute Gasteiger partial charge is 0.315 e. The molecule has 0 aliphatic carbocycles. The van der Waals surface area contributed by atoms with Gasteiger partial charge in [-0.25, -0.2) is 0 Å². The van der Waals surface area contributed by atoms with Crippen LogP contribution in [0.4, 0.5) is 0 Å². The van der Waals surface area contributed by atoms with Crippen molar-refractivity contribution in [2.75, 3.05) is 7.11 Å². The highest BCUT2D eigenvalue weighted by Crippen LogP contribution is 2.36. The molecule has 0 spiro atoms. The van der Waals surface area contributed by atoms with E-state index in [0.29, 0.717) is 17.1 Å². The van der Waals surface area contributed by atoms with Gasteiger partial charge >= 0.3 is 5.97 Å². The van der Waals surface area contributed by atoms with Crippen LogP contribution in [0.25, 0.3) is 17.0 Å². The number of fused-ring (bicyclic) bond motifs is 2. The maximum absolute atomic E-state index is 13.0. The summed E-state index contributed by atoms with van der Waals surface area (Å²) in [5.74, 6) is 1.08. The van der Waals surface area contributed by atoms with E-state index in [1.54, 1.807) is 31.4 Å². The minimum absolute atomic E-state index is 0.161. The molecular weight excluding hydrogens is 430 g/mol. The summed E-state index contributed by atoms with van der Waals surface area (Å²) >= 11 is 0. The lowest BCUT2D eigenvalue weighted by atomic mass is 10.1. The van der Waals surface area contributed by atoms with Crippen molar-refractivity contribution < 1.29 is 23.8 Å². The predicted octanol–water partition coefficient (Wildman–Crippen LogP) is 5.43. The Hall–Kier alpha value is -4.32. The number of hydrogen-bond donors (Lipinski definition) is 0. The summed E-state index contributed by atoms with van der Waals surface area (Å²) in [6, 6.07) is 20.1. The number of ketones is 1. The summed E-state index contributed by atoms with van der Waals surface area (Å²) in [7, 11) is 1.63. The van der Waals surface area contributed by atoms with E-state index in [0.717, 1.165) is 34.3 Å². The summed E-state index contributed by atoms with van der Waals surface area (Å²) in [6.45, 7) is 2.85. The monoisotopic (exact) mass is 453 g/mol. The lowest BCUT2D eigenvalue weighted by Gasteiger charge is -2.06. The van der Waals surface area contributed by atoms with E-state index in [1.807, 2.05) is 54.7 Å². The van der Waals surface area contributed by atoms with Gasteiger partial charge in [-0.3, -0.25) is 9.59 Å². The molecule has 2 heterocycles. The quantitative estimate of drug-likeness (QED) is 0.221. The zero-order chi connectivity index (χ0) is 23.7. The highest BCUT2D eigenvalue weighted by molar-refractivity contribution is 6.15. The maximum atomic E-state index is 13.0. The molecule has 1 aliphatic rings. The highest BCUT2D eigenvalue weighted by Gasteiger charge is 2.28. The Balaban J connectivity index is 1.40. The van der Waals surface area contributed by atoms with E-state index in [9.17, 15) is 9.59 Å². The molecule has 1 aliphatic heterocycles. The van der Waals surface area contributed by atoms with Gasteiger partial charge in [0.05, 0.1) is 19.1 Å². The van der Waals surface area contributed by atoms with Gasteiger partial charge < -0.3 is 18.8 Å². The molecule has 1 aromatic heterocycles. The van der Waals surface area contributed by atoms with Crippen LogP contribution in [-0.4, -0.2) is 23.4 Å². The predicted molar refractivity (Wildman–Crippen MR) is 129 cm³/mol. The Labute approximate surface area is 197 Å². The standard InChI is InChI=1S/C28H23NO5/c1-3-29-17-19(23-15-20(32-2)10-12-24(23)29)14-26-28(31)22-11-9-21(16-25(22)34-26)33-27(30)13-18-7-5-4-6-8-18/h4-12,14-17H,3,13H2,1-2H3/b26-14-. The number of carbonyl (C=O) groups is 2. The largest absolute Gasteiger partial charge is 0.497 e. The van der Waals surface area contributed by atoms with E-state index in [-0.39, 0.29) is 23.9 Å². The number of esters is 1. The van der Waals surface area contributed by atoms with Crippen molar-refractivity contribution in [1.82, 2.24) is 4.57 Å². The van der Waals surface area contributed by atoms with Crippen LogP contribution in [0, 0.1) is 0 Å². The Kier molecular flexibility index (Phi) is 5.64. The van der Waals surface area contributed by atoms with Gasteiger partial charge in [0.1, 0.15) is 17.2 Å². The van der Waals surface area contributed by atoms with Crippen molar-refractivity contribution in [3.63, 3.8) is 0 Å². The first-order valence-corrected chi connectivity index (χ1v) is 11.1. The van der Waals surface area contributed by atoms with Gasteiger partial charge in [0.2, 0.25) is 5.78 Å². The van der Waals surface area contributed by atoms with Gasteiger partial charge in [0.15, 0.2) is 5.76 Å². The fourth-order valence-corrected chi connectivity index (χ4v) is 4.11. The molecule has 0 saturated carbocycles. The Morgan fingerprint density at radius 1 is 1.03 bits per heavy atom. The molecule has 0 saturated heterocycles. The van der Waals surface area contributed by atoms with Gasteiger partial charge in [-0.1, -0.05) is 30.3 Å². The number of nitrogens with zero attached hydrogens (tertiary/aromatic N) is 1. The van der Waals surface area contributed by atoms with E-state index in [1.165, 1.54) is 0 Å². The molecule has 5 rings (SSSR count). The van der Waals surface area contributed by atoms with Gasteiger partial charge in [-0.05, 0) is 48.9 Å². The summed E-state index contributed by atoms with van der Waals surface area (Å²) < 4.78 is 18.8. The molecule has 0 atom stereocenters. The fourth-order valence-electron chi connectivity index (χ4n) is 4.11. The van der Waals surface area contributed by atoms with Crippen molar-refractivity contribution >= 4 is 28.7 Å². The third-order valence-corrected chi connectivity index (χ3v) is 5.81. The zero-order valence-corrected chi connectivity index (χ0v) is 18.9. The molecule has 0 N–H and O–H groups in total. The first-order valence-electron chi connectivity index (χ1n) is 11.1. The normalized spacial score (nSPS) is 13.7. The van der Waals surface area contributed by atoms with Crippen LogP contribution in [0.3, 0.4) is 0 Å². The van der Waals surface area contributed by atoms with Crippen LogP contribution in [0.15, 0.2) is 78.7 Å². The first kappa shape index (κ1) is 21.5. The van der Waals surface area contributed by atoms with E-state index < -0.39 is 0 Å². The van der Waals surface area contributed by atoms with Crippen LogP contribution < -0.4 is 14.2 Å². The Morgan fingerprint density at radius 3 is 2.59 bits per heavy atom. The molecule has 6 nitrogen and oxygen atoms in total. The average Bonchev–Trinajstić information content (AvgIpc) is 3.36. The molecule has 0 amide bonds. The minimum atomic E-state index is -0.382. The van der Waals surface area contributed by atoms with E-state index in [2.05, 4.69) is 11.5 Å². The van der Waals surface area contributed by atoms with Crippen molar-refractivity contribution in [2.24, 2.45) is 0 Å². The second-order valence-corrected chi connectivity index (χ2v) is 7.99. The number of aryl methyl sites for hydroxylation is 1. The number of aromatic nitrogens is 1. The van der Waals surface area contributed by atoms with Crippen molar-refractivity contribution in [1.29, 1.82) is 0 Å². The van der Waals surface area contributed by atoms with Gasteiger partial charge in [0, 0.05) is 35.3 Å². The second-order valence-electron chi connectivity index (χ2n) is 7.99. The molecule has 0 unspecified atom stereocenters. The van der Waals surface area contributed by atoms with Gasteiger partial charge in [-0.15, -0.1) is 0 Å². The molecule has 3 aromatic carbocycles. The molecule has 0 bridgehead atoms. The van der Waals surface area contributed by atoms with Crippen molar-refractivity contribution in [3.8, 4) is 17.2 Å². The third-order valence-electron chi connectivity index (χ3n) is 5.81. The molecule has 34 heavy (non-hydrogen) atoms. The summed E-state index contributed by atoms with van der Waals surface area (Å²) in [4.78, 5) is 25.3. The summed E-state index contributed by atoms with van der Waals surface area (Å²) in [6.07, 6.45) is 3.90. The summed E-state index contributed by atoms with van der Waals surface area (Å²) in [5.41, 5.74) is 3.21. The molecule has 4 aromatic rings. The molecule has 170 valence electrons. The topological polar surface area (TPSA) is 66.8 Å². The van der Waals surface area contributed by atoms with Crippen LogP contribution >= 0.6 is 0 Å². The number of benzene rings is 3. The molecule has 0 radical (unpaired) electrons. The number of methoxy groups -OCH3 is 1. The second kappa shape index (κ2) is 8.90. The third kappa shape index (κ3) is 4.06. The maximum Gasteiger partial charge on any atom is 0.315 e. The van der Waals surface area contributed by atoms with Crippen molar-refractivity contribution in [2.45, 2.75) is 19.9 Å². The number of rotatable bonds is 6. The number of ether oxygens (including phenoxy) is 3. The van der Waals surface area contributed by atoms with Gasteiger partial charge in [0.25, 0.3) is 0 Å². The zero-order valence-electron chi connectivity index (χ0n) is 18.9. The van der Waals surface area contributed by atoms with Crippen LogP contribution in [-0.2, 0) is 17.8 Å². The number of carbonyl (C=O) groups excluding carboxylic acids is 2. The lowest BCUT2D eigenvalue weighted by molar-refractivity contribution is -0.133. The molecular formula is C28H23NO5. The average molecular weight is 453 g/mol. The van der Waals surface area contributed by atoms with Crippen molar-refractivity contribution in [3.05, 3.63) is 95.4 Å². The minimum Gasteiger partial charge on any atom is -0.497 e. The molecule has 0 fully saturated rings. The van der Waals surface area contributed by atoms with E-state index in [4.69, 9.17) is 14.2 Å². The Bertz CT molecular complexity index is 1430. The number of hydrogen-bond acceptors (Lipinski definition) is 5. The fraction of sp³-hybridized carbons (Fsp3) is 0.143. The van der Waals surface area contributed by atoms with Gasteiger partial charge in [-0.2, -0.15) is 0 Å². The number of allylic oxidation sites excluding steroid dienone is 1. The number of Topliss-reactive ketones (excluding diaryl/α,β-unsaturated/α-hetero) is 1. The molecule has 6 heteroatoms. The SMILES string of the molecule is CCn1cc(/C=C2\Oc3cc(OC(=O)Cc4ccccc4)ccc3C2=O)c2cc(OC)ccc21.